The number of benzene rings is 3. The van der Waals surface area contributed by atoms with E-state index in [2.05, 4.69) is 10.5 Å². The van der Waals surface area contributed by atoms with Gasteiger partial charge in [0.1, 0.15) is 23.9 Å². The predicted octanol–water partition coefficient (Wildman–Crippen LogP) is 4.18. The van der Waals surface area contributed by atoms with Gasteiger partial charge in [-0.05, 0) is 59.7 Å². The number of methoxy groups -OCH3 is 1. The van der Waals surface area contributed by atoms with Gasteiger partial charge in [-0.15, -0.1) is 0 Å². The highest BCUT2D eigenvalue weighted by Gasteiger charge is 2.05. The zero-order valence-corrected chi connectivity index (χ0v) is 15.3. The second-order valence-electron chi connectivity index (χ2n) is 5.92. The minimum Gasteiger partial charge on any atom is -0.497 e. The van der Waals surface area contributed by atoms with Crippen LogP contribution in [0, 0.1) is 5.82 Å². The van der Waals surface area contributed by atoms with Crippen molar-refractivity contribution in [2.75, 3.05) is 7.11 Å². The minimum absolute atomic E-state index is 0.284. The Hall–Kier alpha value is -3.67. The molecule has 3 rings (SSSR count). The van der Waals surface area contributed by atoms with Crippen LogP contribution in [-0.4, -0.2) is 19.2 Å². The van der Waals surface area contributed by atoms with Crippen LogP contribution in [0.25, 0.3) is 0 Å². The first-order chi connectivity index (χ1) is 13.6. The zero-order chi connectivity index (χ0) is 19.8. The number of nitrogens with one attached hydrogen (secondary N) is 1. The van der Waals surface area contributed by atoms with Crippen LogP contribution < -0.4 is 14.9 Å². The average Bonchev–Trinajstić information content (AvgIpc) is 2.74. The summed E-state index contributed by atoms with van der Waals surface area (Å²) >= 11 is 0. The van der Waals surface area contributed by atoms with Crippen molar-refractivity contribution in [3.8, 4) is 11.5 Å². The third-order valence-electron chi connectivity index (χ3n) is 3.91. The Morgan fingerprint density at radius 1 is 1.04 bits per heavy atom. The van der Waals surface area contributed by atoms with Crippen LogP contribution in [0.3, 0.4) is 0 Å². The Morgan fingerprint density at radius 3 is 2.50 bits per heavy atom. The van der Waals surface area contributed by atoms with Crippen LogP contribution in [0.15, 0.2) is 77.9 Å². The predicted molar refractivity (Wildman–Crippen MR) is 105 cm³/mol. The molecule has 3 aromatic rings. The summed E-state index contributed by atoms with van der Waals surface area (Å²) in [6.07, 6.45) is 1.54. The lowest BCUT2D eigenvalue weighted by atomic mass is 10.2. The molecule has 0 radical (unpaired) electrons. The maximum atomic E-state index is 12.9. The van der Waals surface area contributed by atoms with Crippen LogP contribution in [0.4, 0.5) is 4.39 Å². The van der Waals surface area contributed by atoms with Crippen molar-refractivity contribution in [2.45, 2.75) is 6.61 Å². The molecule has 0 saturated carbocycles. The number of halogens is 1. The average molecular weight is 378 g/mol. The van der Waals surface area contributed by atoms with E-state index >= 15 is 0 Å². The number of carbonyl (C=O) groups is 1. The lowest BCUT2D eigenvalue weighted by Crippen LogP contribution is -2.17. The molecule has 0 bridgehead atoms. The van der Waals surface area contributed by atoms with Crippen LogP contribution in [-0.2, 0) is 6.61 Å². The van der Waals surface area contributed by atoms with Crippen molar-refractivity contribution in [3.63, 3.8) is 0 Å². The maximum Gasteiger partial charge on any atom is 0.271 e. The highest BCUT2D eigenvalue weighted by molar-refractivity contribution is 5.95. The maximum absolute atomic E-state index is 12.9. The van der Waals surface area contributed by atoms with Crippen molar-refractivity contribution in [1.29, 1.82) is 0 Å². The van der Waals surface area contributed by atoms with Gasteiger partial charge >= 0.3 is 0 Å². The molecule has 0 aliphatic heterocycles. The number of hydrogen-bond donors (Lipinski definition) is 1. The molecular formula is C22H19FN2O3. The second kappa shape index (κ2) is 9.32. The standard InChI is InChI=1S/C22H19FN2O3/c1-27-21-4-2-3-17(13-21)14-24-25-22(26)18-7-11-20(12-8-18)28-15-16-5-9-19(23)10-6-16/h2-14H,15H2,1H3,(H,25,26)/b24-14+. The Morgan fingerprint density at radius 2 is 1.79 bits per heavy atom. The molecule has 0 aliphatic carbocycles. The number of ether oxygens (including phenoxy) is 2. The first kappa shape index (κ1) is 19.1. The second-order valence-corrected chi connectivity index (χ2v) is 5.92. The van der Waals surface area contributed by atoms with E-state index in [0.717, 1.165) is 11.1 Å². The molecule has 6 heteroatoms. The smallest absolute Gasteiger partial charge is 0.271 e. The van der Waals surface area contributed by atoms with E-state index in [1.54, 1.807) is 49.7 Å². The van der Waals surface area contributed by atoms with E-state index in [0.29, 0.717) is 23.7 Å². The van der Waals surface area contributed by atoms with Crippen LogP contribution in [0.1, 0.15) is 21.5 Å². The third-order valence-corrected chi connectivity index (χ3v) is 3.91. The number of rotatable bonds is 7. The summed E-state index contributed by atoms with van der Waals surface area (Å²) in [5.74, 6) is 0.713. The molecule has 0 aromatic heterocycles. The van der Waals surface area contributed by atoms with Gasteiger partial charge in [0.25, 0.3) is 5.91 Å². The van der Waals surface area contributed by atoms with Crippen molar-refractivity contribution in [3.05, 3.63) is 95.3 Å². The van der Waals surface area contributed by atoms with Crippen molar-refractivity contribution >= 4 is 12.1 Å². The fourth-order valence-corrected chi connectivity index (χ4v) is 2.40. The summed E-state index contributed by atoms with van der Waals surface area (Å²) < 4.78 is 23.7. The van der Waals surface area contributed by atoms with E-state index in [9.17, 15) is 9.18 Å². The summed E-state index contributed by atoms with van der Waals surface area (Å²) in [6, 6.07) is 20.1. The third kappa shape index (κ3) is 5.41. The summed E-state index contributed by atoms with van der Waals surface area (Å²) in [7, 11) is 1.59. The molecule has 0 atom stereocenters. The fraction of sp³-hybridized carbons (Fsp3) is 0.0909. The molecular weight excluding hydrogens is 359 g/mol. The molecule has 0 saturated heterocycles. The SMILES string of the molecule is COc1cccc(/C=N/NC(=O)c2ccc(OCc3ccc(F)cc3)cc2)c1. The summed E-state index contributed by atoms with van der Waals surface area (Å²) in [6.45, 7) is 0.316. The van der Waals surface area contributed by atoms with Gasteiger partial charge in [-0.2, -0.15) is 5.10 Å². The van der Waals surface area contributed by atoms with Crippen LogP contribution in [0.5, 0.6) is 11.5 Å². The molecule has 0 fully saturated rings. The number of nitrogens with zero attached hydrogens (tertiary/aromatic N) is 1. The fourth-order valence-electron chi connectivity index (χ4n) is 2.40. The van der Waals surface area contributed by atoms with E-state index in [-0.39, 0.29) is 11.7 Å². The summed E-state index contributed by atoms with van der Waals surface area (Å²) in [4.78, 5) is 12.2. The number of amides is 1. The highest BCUT2D eigenvalue weighted by Crippen LogP contribution is 2.15. The normalized spacial score (nSPS) is 10.6. The molecule has 1 amide bonds. The Balaban J connectivity index is 1.52. The number of carbonyl (C=O) groups excluding carboxylic acids is 1. The van der Waals surface area contributed by atoms with E-state index < -0.39 is 0 Å². The zero-order valence-electron chi connectivity index (χ0n) is 15.3. The van der Waals surface area contributed by atoms with Crippen LogP contribution >= 0.6 is 0 Å². The van der Waals surface area contributed by atoms with Gasteiger partial charge in [-0.1, -0.05) is 24.3 Å². The van der Waals surface area contributed by atoms with Gasteiger partial charge in [-0.3, -0.25) is 4.79 Å². The van der Waals surface area contributed by atoms with Gasteiger partial charge in [0.2, 0.25) is 0 Å². The van der Waals surface area contributed by atoms with Crippen LogP contribution in [0.2, 0.25) is 0 Å². The summed E-state index contributed by atoms with van der Waals surface area (Å²) in [5, 5.41) is 3.96. The van der Waals surface area contributed by atoms with Crippen molar-refractivity contribution in [1.82, 2.24) is 5.43 Å². The monoisotopic (exact) mass is 378 g/mol. The topological polar surface area (TPSA) is 59.9 Å². The molecule has 5 nitrogen and oxygen atoms in total. The molecule has 142 valence electrons. The number of hydrogen-bond acceptors (Lipinski definition) is 4. The van der Waals surface area contributed by atoms with Crippen molar-refractivity contribution < 1.29 is 18.7 Å². The lowest BCUT2D eigenvalue weighted by molar-refractivity contribution is 0.0955. The van der Waals surface area contributed by atoms with Crippen molar-refractivity contribution in [2.24, 2.45) is 5.10 Å². The first-order valence-electron chi connectivity index (χ1n) is 8.59. The Kier molecular flexibility index (Phi) is 6.36. The molecule has 0 heterocycles. The quantitative estimate of drug-likeness (QED) is 0.496. The molecule has 1 N–H and O–H groups in total. The van der Waals surface area contributed by atoms with E-state index in [1.165, 1.54) is 12.1 Å². The minimum atomic E-state index is -0.329. The molecule has 28 heavy (non-hydrogen) atoms. The van der Waals surface area contributed by atoms with E-state index in [1.807, 2.05) is 24.3 Å². The van der Waals surface area contributed by atoms with Gasteiger partial charge in [-0.25, -0.2) is 9.82 Å². The molecule has 0 spiro atoms. The molecule has 3 aromatic carbocycles. The number of hydrazone groups is 1. The first-order valence-corrected chi connectivity index (χ1v) is 8.59. The van der Waals surface area contributed by atoms with Gasteiger partial charge in [0.05, 0.1) is 13.3 Å². The van der Waals surface area contributed by atoms with Gasteiger partial charge in [0.15, 0.2) is 0 Å². The van der Waals surface area contributed by atoms with Gasteiger partial charge < -0.3 is 9.47 Å². The lowest BCUT2D eigenvalue weighted by Gasteiger charge is -2.07. The largest absolute Gasteiger partial charge is 0.497 e. The Bertz CT molecular complexity index is 954. The van der Waals surface area contributed by atoms with E-state index in [4.69, 9.17) is 9.47 Å². The molecule has 0 unspecified atom stereocenters. The highest BCUT2D eigenvalue weighted by atomic mass is 19.1. The Labute approximate surface area is 162 Å². The van der Waals surface area contributed by atoms with Gasteiger partial charge in [0, 0.05) is 5.56 Å². The molecule has 0 aliphatic rings. The summed E-state index contributed by atoms with van der Waals surface area (Å²) in [5.41, 5.74) is 4.60.